The Morgan fingerprint density at radius 3 is 1.10 bits per heavy atom. The smallest absolute Gasteiger partial charge is 0.414 e. The monoisotopic (exact) mass is 1800 g/mol. The van der Waals surface area contributed by atoms with Crippen LogP contribution < -0.4 is 51.0 Å². The second-order valence-corrected chi connectivity index (χ2v) is 38.0. The second kappa shape index (κ2) is 34.0. The molecule has 36 nitrogen and oxygen atoms in total. The number of aromatic nitrogens is 8. The Bertz CT molecular complexity index is 6120. The minimum absolute atomic E-state index is 0.0114. The number of anilines is 4. The molecule has 0 aliphatic carbocycles. The topological polar surface area (TPSA) is 453 Å². The van der Waals surface area contributed by atoms with Crippen LogP contribution >= 0.6 is 0 Å². The highest BCUT2D eigenvalue weighted by Crippen LogP contribution is 2.50. The number of nitrogen functional groups attached to an aromatic ring is 1. The number of amides is 2. The van der Waals surface area contributed by atoms with Gasteiger partial charge >= 0.3 is 12.2 Å². The molecule has 5 aromatic heterocycles. The molecule has 0 radical (unpaired) electrons. The molecule has 0 spiro atoms. The molecule has 6 aliphatic heterocycles. The Hall–Kier alpha value is -12.8. The van der Waals surface area contributed by atoms with Gasteiger partial charge in [-0.15, -0.1) is 0 Å². The molecule has 6 unspecified atom stereocenters. The predicted octanol–water partition coefficient (Wildman–Crippen LogP) is 6.87. The number of carbonyl (C=O) groups excluding carboxylic acids is 4. The number of methoxy groups -OCH3 is 3. The Morgan fingerprint density at radius 1 is 0.456 bits per heavy atom. The van der Waals surface area contributed by atoms with Gasteiger partial charge < -0.3 is 49.9 Å². The van der Waals surface area contributed by atoms with Crippen LogP contribution in [0.2, 0.25) is 0 Å². The highest BCUT2D eigenvalue weighted by atomic mass is 32.2. The van der Waals surface area contributed by atoms with Crippen molar-refractivity contribution < 1.29 is 103 Å². The SMILES string of the molecule is COc1nc(N2CC3C(c4cc(CC(=O)c5ccc(F)cn5)ccc4F)(C2)N=C(N)N(C)S3(=O)=O)nc(C)c1F.COc1nc(N2CC3C(c4cc(CC(=O)c5ccc(F)cn5)ccc4F)(C2)N=C(NC(=O)OC(C)(C)C)N(C)S3(=O)=O)nc(C)c1F.COc1nc(N2CC3C(c4cc(N)ccc4F)(C2)N=C(NC(=O)OC(C)(C)C)N(C)S3(=O)=O)nc(C)c1F. The number of nitrogens with two attached hydrogens (primary N) is 2. The molecule has 2 amide bonds. The third-order valence-electron chi connectivity index (χ3n) is 20.9. The van der Waals surface area contributed by atoms with Crippen LogP contribution in [-0.4, -0.2) is 228 Å². The van der Waals surface area contributed by atoms with Crippen LogP contribution in [0.1, 0.15) is 107 Å². The van der Waals surface area contributed by atoms with Gasteiger partial charge in [0.25, 0.3) is 17.6 Å². The number of aliphatic imine (C=N–C) groups is 3. The van der Waals surface area contributed by atoms with Crippen LogP contribution in [0, 0.1) is 67.3 Å². The molecular formula is C78H85F8N21O15S3. The molecule has 47 heteroatoms. The van der Waals surface area contributed by atoms with Gasteiger partial charge in [0.05, 0.1) is 70.4 Å². The molecule has 0 bridgehead atoms. The summed E-state index contributed by atoms with van der Waals surface area (Å²) >= 11 is 0. The summed E-state index contributed by atoms with van der Waals surface area (Å²) in [6.07, 6.45) is -0.652. The van der Waals surface area contributed by atoms with E-state index >= 15 is 13.2 Å². The number of fused-ring (bicyclic) bond motifs is 3. The van der Waals surface area contributed by atoms with E-state index in [1.54, 1.807) is 41.5 Å². The number of Topliss-reactive ketones (excluding diaryl/α,β-unsaturated/α-hetero) is 2. The first kappa shape index (κ1) is 91.4. The molecule has 666 valence electrons. The van der Waals surface area contributed by atoms with Gasteiger partial charge in [0.15, 0.2) is 11.6 Å². The fourth-order valence-corrected chi connectivity index (χ4v) is 20.3. The molecule has 6 N–H and O–H groups in total. The zero-order valence-electron chi connectivity index (χ0n) is 69.7. The molecule has 125 heavy (non-hydrogen) atoms. The number of nitrogens with one attached hydrogen (secondary N) is 2. The number of carbonyl (C=O) groups is 4. The summed E-state index contributed by atoms with van der Waals surface area (Å²) in [6.45, 7) is 12.4. The summed E-state index contributed by atoms with van der Waals surface area (Å²) in [5.74, 6) is -9.29. The lowest BCUT2D eigenvalue weighted by molar-refractivity contribution is 0.0546. The number of hydrogen-bond acceptors (Lipinski definition) is 31. The number of sulfonamides is 3. The van der Waals surface area contributed by atoms with E-state index in [2.05, 4.69) is 65.5 Å². The third-order valence-corrected chi connectivity index (χ3v) is 27.5. The Morgan fingerprint density at radius 2 is 0.776 bits per heavy atom. The van der Waals surface area contributed by atoms with Gasteiger partial charge in [-0.25, -0.2) is 99.6 Å². The van der Waals surface area contributed by atoms with Crippen LogP contribution in [0.15, 0.2) is 106 Å². The number of nitrogens with zero attached hydrogens (tertiary/aromatic N) is 17. The molecule has 3 saturated heterocycles. The number of halogens is 8. The van der Waals surface area contributed by atoms with Crippen LogP contribution in [0.4, 0.5) is 68.2 Å². The molecule has 8 aromatic rings. The maximum Gasteiger partial charge on any atom is 0.414 e. The number of pyridine rings is 2. The van der Waals surface area contributed by atoms with E-state index in [4.69, 9.17) is 35.2 Å². The molecule has 3 fully saturated rings. The second-order valence-electron chi connectivity index (χ2n) is 31.6. The van der Waals surface area contributed by atoms with E-state index in [1.165, 1.54) is 126 Å². The minimum atomic E-state index is -4.41. The van der Waals surface area contributed by atoms with Gasteiger partial charge in [-0.3, -0.25) is 30.2 Å². The molecule has 14 rings (SSSR count). The average molecular weight is 1800 g/mol. The van der Waals surface area contributed by atoms with Gasteiger partial charge in [-0.05, 0) is 140 Å². The Balaban J connectivity index is 0.000000172. The van der Waals surface area contributed by atoms with Crippen LogP contribution in [0.5, 0.6) is 17.6 Å². The zero-order valence-corrected chi connectivity index (χ0v) is 72.1. The molecule has 11 heterocycles. The summed E-state index contributed by atoms with van der Waals surface area (Å²) in [5.41, 5.74) is 4.93. The third kappa shape index (κ3) is 17.9. The van der Waals surface area contributed by atoms with Crippen molar-refractivity contribution in [2.45, 2.75) is 119 Å². The first-order valence-corrected chi connectivity index (χ1v) is 42.3. The van der Waals surface area contributed by atoms with Gasteiger partial charge in [-0.2, -0.15) is 28.1 Å². The van der Waals surface area contributed by atoms with Crippen molar-refractivity contribution in [3.05, 3.63) is 194 Å². The van der Waals surface area contributed by atoms with Gasteiger partial charge in [0, 0.05) is 76.0 Å². The largest absolute Gasteiger partial charge is 0.479 e. The van der Waals surface area contributed by atoms with E-state index in [0.717, 1.165) is 55.6 Å². The number of guanidine groups is 3. The number of hydrogen-bond donors (Lipinski definition) is 4. The van der Waals surface area contributed by atoms with Gasteiger partial charge in [-0.1, -0.05) is 12.1 Å². The lowest BCUT2D eigenvalue weighted by Crippen LogP contribution is -2.59. The van der Waals surface area contributed by atoms with Crippen LogP contribution in [-0.2, 0) is 69.0 Å². The lowest BCUT2D eigenvalue weighted by atomic mass is 9.86. The normalized spacial score (nSPS) is 21.4. The fraction of sp³-hybridized carbons (Fsp3) is 0.397. The highest BCUT2D eigenvalue weighted by Gasteiger charge is 2.64. The first-order valence-electron chi connectivity index (χ1n) is 37.8. The average Bonchev–Trinajstić information content (AvgIpc) is 1.60. The van der Waals surface area contributed by atoms with Crippen molar-refractivity contribution in [1.29, 1.82) is 0 Å². The van der Waals surface area contributed by atoms with Crippen molar-refractivity contribution in [3.8, 4) is 17.6 Å². The number of alkyl carbamates (subject to hydrolysis) is 2. The number of aryl methyl sites for hydroxylation is 3. The summed E-state index contributed by atoms with van der Waals surface area (Å²) in [4.78, 5) is 102. The summed E-state index contributed by atoms with van der Waals surface area (Å²) in [6, 6.07) is 16.0. The van der Waals surface area contributed by atoms with Crippen LogP contribution in [0.25, 0.3) is 0 Å². The van der Waals surface area contributed by atoms with Crippen molar-refractivity contribution in [2.24, 2.45) is 20.7 Å². The lowest BCUT2D eigenvalue weighted by Gasteiger charge is -2.39. The van der Waals surface area contributed by atoms with E-state index in [1.807, 2.05) is 0 Å². The summed E-state index contributed by atoms with van der Waals surface area (Å²) < 4.78 is 228. The number of rotatable bonds is 15. The molecular weight excluding hydrogens is 1720 g/mol. The number of ether oxygens (including phenoxy) is 5. The summed E-state index contributed by atoms with van der Waals surface area (Å²) in [7, 11) is -5.53. The fourth-order valence-electron chi connectivity index (χ4n) is 14.8. The van der Waals surface area contributed by atoms with E-state index < -0.39 is 150 Å². The van der Waals surface area contributed by atoms with Crippen molar-refractivity contribution in [3.63, 3.8) is 0 Å². The molecule has 6 aliphatic rings. The predicted molar refractivity (Wildman–Crippen MR) is 436 cm³/mol. The zero-order chi connectivity index (χ0) is 91.7. The van der Waals surface area contributed by atoms with Gasteiger partial charge in [0.1, 0.15) is 84.0 Å². The molecule has 6 atom stereocenters. The maximum atomic E-state index is 16.0. The van der Waals surface area contributed by atoms with Crippen LogP contribution in [0.3, 0.4) is 0 Å². The minimum Gasteiger partial charge on any atom is -0.479 e. The molecule has 0 saturated carbocycles. The Kier molecular flexibility index (Phi) is 24.9. The molecule has 3 aromatic carbocycles. The van der Waals surface area contributed by atoms with E-state index in [9.17, 15) is 66.4 Å². The van der Waals surface area contributed by atoms with E-state index in [-0.39, 0.29) is 156 Å². The number of ketones is 2. The van der Waals surface area contributed by atoms with E-state index in [0.29, 0.717) is 5.56 Å². The van der Waals surface area contributed by atoms with Crippen molar-refractivity contribution in [2.75, 3.05) is 102 Å². The quantitative estimate of drug-likeness (QED) is 0.0462. The van der Waals surface area contributed by atoms with Crippen molar-refractivity contribution in [1.82, 2.24) is 63.4 Å². The Labute approximate surface area is 711 Å². The van der Waals surface area contributed by atoms with Gasteiger partial charge in [0.2, 0.25) is 83.2 Å². The highest BCUT2D eigenvalue weighted by molar-refractivity contribution is 7.91. The first-order chi connectivity index (χ1) is 58.4. The number of benzene rings is 3. The van der Waals surface area contributed by atoms with Crippen molar-refractivity contribution >= 4 is 95.2 Å². The summed E-state index contributed by atoms with van der Waals surface area (Å²) in [5, 5.41) is 0.592. The maximum absolute atomic E-state index is 16.0. The standard InChI is InChI=1S/C30H32F3N7O6S.C25H24F3N7O4S.C23H29F2N7O5S/c1-16-24(33)25(45-6)36-26(35-16)40-14-23-30(15-40,38-27(39(5)47(23,43)44)37-28(42)46-29(2,3)4)19-11-17(7-9-20(19)32)12-22(41)21-10-8-18(31)13-34-21;1-13-21(28)22(39-3)32-24(31-13)35-11-20-25(12-35,33-23(29)34(2)40(20,37)38)16-8-14(4-6-17(16)27)9-19(36)18-7-5-15(26)10-30-18;1-12-17(25)18(36-6)28-19(27-12)32-10-16-23(11-32,14-9-13(26)7-8-15(14)24)30-20(31(5)38(16,34)35)29-21(33)37-22(2,3)4/h7-11,13,23H,12,14-15H2,1-6H3,(H,37,38,42);4-8,10,20H,9,11-12H2,1-3H3,(H2,29,33);7-9,16H,10-11,26H2,1-6H3,(H,29,30,33).